The number of aliphatic hydroxyl groups excluding tert-OH is 5. The van der Waals surface area contributed by atoms with Crippen LogP contribution in [0.2, 0.25) is 0 Å². The van der Waals surface area contributed by atoms with E-state index in [2.05, 4.69) is 38.2 Å². The zero-order chi connectivity index (χ0) is 51.2. The van der Waals surface area contributed by atoms with Gasteiger partial charge in [0.25, 0.3) is 0 Å². The molecule has 0 spiro atoms. The minimum absolute atomic E-state index is 0.0740. The fourth-order valence-electron chi connectivity index (χ4n) is 9.21. The molecule has 1 aliphatic rings. The van der Waals surface area contributed by atoms with Crippen LogP contribution in [0.5, 0.6) is 0 Å². The number of esters is 1. The Morgan fingerprint density at radius 2 is 0.800 bits per heavy atom. The monoisotopic (exact) mass is 1020 g/mol. The molecule has 0 aliphatic heterocycles. The van der Waals surface area contributed by atoms with E-state index in [0.29, 0.717) is 13.0 Å². The van der Waals surface area contributed by atoms with Crippen LogP contribution in [0.4, 0.5) is 0 Å². The van der Waals surface area contributed by atoms with Crippen LogP contribution in [-0.4, -0.2) is 98.9 Å². The Hall–Kier alpha value is -1.18. The van der Waals surface area contributed by atoms with E-state index in [4.69, 9.17) is 18.5 Å². The number of aliphatic hydroxyl groups is 5. The Morgan fingerprint density at radius 3 is 1.20 bits per heavy atom. The van der Waals surface area contributed by atoms with Crippen molar-refractivity contribution < 1.29 is 58.3 Å². The molecule has 1 aliphatic carbocycles. The second-order valence-corrected chi connectivity index (χ2v) is 21.9. The molecule has 6 N–H and O–H groups in total. The van der Waals surface area contributed by atoms with Gasteiger partial charge in [-0.2, -0.15) is 0 Å². The smallest absolute Gasteiger partial charge is 0.457 e. The van der Waals surface area contributed by atoms with Crippen LogP contribution in [0.25, 0.3) is 0 Å². The van der Waals surface area contributed by atoms with E-state index >= 15 is 0 Å². The van der Waals surface area contributed by atoms with Crippen molar-refractivity contribution in [3.8, 4) is 0 Å². The van der Waals surface area contributed by atoms with Crippen LogP contribution >= 0.6 is 7.82 Å². The first-order chi connectivity index (χ1) is 34.0. The lowest BCUT2D eigenvalue weighted by Crippen LogP contribution is -2.64. The molecule has 414 valence electrons. The van der Waals surface area contributed by atoms with Crippen molar-refractivity contribution in [1.29, 1.82) is 0 Å². The average Bonchev–Trinajstić information content (AvgIpc) is 3.35. The molecule has 0 bridgehead atoms. The maximum atomic E-state index is 12.9. The first-order valence-electron chi connectivity index (χ1n) is 29.2. The highest BCUT2D eigenvalue weighted by Gasteiger charge is 2.51. The number of phosphoric ester groups is 1. The summed E-state index contributed by atoms with van der Waals surface area (Å²) in [6, 6.07) is 0. The standard InChI is InChI=1S/C57H109O12P/c1-3-5-7-9-11-13-15-17-19-21-23-25-27-29-31-33-35-37-39-41-43-45-47-66-48-50(49-67-70(64,65)69-57-55(62)53(60)52(59)54(61)56(57)63)68-51(58)46-44-42-40-38-36-34-32-30-28-26-24-22-20-18-16-14-12-10-8-6-4-2/h15,17,21,23,50,52-57,59-63H,3-14,16,18-20,22,24-49H2,1-2H3,(H,64,65)/b17-15-,23-21-. The SMILES string of the molecule is CCCCCCC/C=C\C/C=C\CCCCCCCCCCCCOCC(COP(=O)(O)OC1C(O)C(O)C(O)C(O)C1O)OC(=O)CCCCCCCCCCCCCCCCCCCCCCC. The van der Waals surface area contributed by atoms with Crippen LogP contribution < -0.4 is 0 Å². The van der Waals surface area contributed by atoms with Gasteiger partial charge in [0.1, 0.15) is 42.7 Å². The van der Waals surface area contributed by atoms with Crippen molar-refractivity contribution in [2.45, 2.75) is 313 Å². The lowest BCUT2D eigenvalue weighted by Gasteiger charge is -2.41. The molecule has 1 fully saturated rings. The van der Waals surface area contributed by atoms with E-state index in [0.717, 1.165) is 44.9 Å². The van der Waals surface area contributed by atoms with Crippen molar-refractivity contribution >= 4 is 13.8 Å². The lowest BCUT2D eigenvalue weighted by atomic mass is 9.85. The van der Waals surface area contributed by atoms with Gasteiger partial charge in [0.15, 0.2) is 0 Å². The Morgan fingerprint density at radius 1 is 0.457 bits per heavy atom. The topological polar surface area (TPSA) is 192 Å². The minimum Gasteiger partial charge on any atom is -0.457 e. The van der Waals surface area contributed by atoms with E-state index in [9.17, 15) is 39.8 Å². The molecule has 0 radical (unpaired) electrons. The number of rotatable bonds is 51. The van der Waals surface area contributed by atoms with Gasteiger partial charge < -0.3 is 39.9 Å². The number of unbranched alkanes of at least 4 members (excludes halogenated alkanes) is 35. The normalized spacial score (nSPS) is 21.0. The summed E-state index contributed by atoms with van der Waals surface area (Å²) in [5.74, 6) is -0.471. The van der Waals surface area contributed by atoms with Gasteiger partial charge >= 0.3 is 13.8 Å². The molecule has 0 saturated heterocycles. The second-order valence-electron chi connectivity index (χ2n) is 20.5. The number of carbonyl (C=O) groups excluding carboxylic acids is 1. The molecule has 6 atom stereocenters. The molecule has 6 unspecified atom stereocenters. The maximum absolute atomic E-state index is 12.9. The Balaban J connectivity index is 2.27. The van der Waals surface area contributed by atoms with Gasteiger partial charge in [-0.25, -0.2) is 4.57 Å². The number of allylic oxidation sites excluding steroid dienone is 4. The van der Waals surface area contributed by atoms with Crippen LogP contribution in [0.1, 0.15) is 271 Å². The molecule has 1 saturated carbocycles. The highest BCUT2D eigenvalue weighted by molar-refractivity contribution is 7.47. The molecule has 0 amide bonds. The summed E-state index contributed by atoms with van der Waals surface area (Å²) in [4.78, 5) is 23.3. The predicted molar refractivity (Wildman–Crippen MR) is 286 cm³/mol. The van der Waals surface area contributed by atoms with Crippen molar-refractivity contribution in [3.05, 3.63) is 24.3 Å². The van der Waals surface area contributed by atoms with Gasteiger partial charge in [0.2, 0.25) is 0 Å². The van der Waals surface area contributed by atoms with Gasteiger partial charge in [-0.3, -0.25) is 13.8 Å². The Labute approximate surface area is 428 Å². The van der Waals surface area contributed by atoms with E-state index in [1.54, 1.807) is 0 Å². The largest absolute Gasteiger partial charge is 0.472 e. The first-order valence-corrected chi connectivity index (χ1v) is 30.7. The third-order valence-corrected chi connectivity index (χ3v) is 14.8. The molecule has 0 aromatic carbocycles. The summed E-state index contributed by atoms with van der Waals surface area (Å²) < 4.78 is 34.4. The number of ether oxygens (including phenoxy) is 2. The summed E-state index contributed by atoms with van der Waals surface area (Å²) in [7, 11) is -5.02. The van der Waals surface area contributed by atoms with Crippen LogP contribution in [0.3, 0.4) is 0 Å². The third-order valence-electron chi connectivity index (χ3n) is 13.8. The van der Waals surface area contributed by atoms with Crippen LogP contribution in [-0.2, 0) is 27.9 Å². The third kappa shape index (κ3) is 38.4. The predicted octanol–water partition coefficient (Wildman–Crippen LogP) is 14.0. The highest BCUT2D eigenvalue weighted by atomic mass is 31.2. The van der Waals surface area contributed by atoms with E-state index in [1.165, 1.54) is 199 Å². The molecule has 0 aromatic heterocycles. The molecule has 12 nitrogen and oxygen atoms in total. The average molecular weight is 1020 g/mol. The fourth-order valence-corrected chi connectivity index (χ4v) is 10.2. The molecular formula is C57H109O12P. The zero-order valence-corrected chi connectivity index (χ0v) is 45.7. The van der Waals surface area contributed by atoms with Gasteiger partial charge in [0, 0.05) is 13.0 Å². The maximum Gasteiger partial charge on any atom is 0.472 e. The number of carbonyl (C=O) groups is 1. The summed E-state index contributed by atoms with van der Waals surface area (Å²) in [6.07, 6.45) is 45.3. The summed E-state index contributed by atoms with van der Waals surface area (Å²) >= 11 is 0. The number of hydrogen-bond donors (Lipinski definition) is 6. The van der Waals surface area contributed by atoms with E-state index < -0.39 is 63.1 Å². The molecule has 1 rings (SSSR count). The number of phosphoric acid groups is 1. The highest BCUT2D eigenvalue weighted by Crippen LogP contribution is 2.47. The van der Waals surface area contributed by atoms with Gasteiger partial charge in [-0.15, -0.1) is 0 Å². The zero-order valence-electron chi connectivity index (χ0n) is 44.8. The quantitative estimate of drug-likeness (QED) is 0.0146. The number of hydrogen-bond acceptors (Lipinski definition) is 11. The Bertz CT molecular complexity index is 1250. The van der Waals surface area contributed by atoms with Crippen molar-refractivity contribution in [3.63, 3.8) is 0 Å². The van der Waals surface area contributed by atoms with Gasteiger partial charge in [-0.1, -0.05) is 244 Å². The molecule has 70 heavy (non-hydrogen) atoms. The molecule has 0 heterocycles. The summed E-state index contributed by atoms with van der Waals surface area (Å²) in [5, 5.41) is 50.4. The Kier molecular flexibility index (Phi) is 45.4. The lowest BCUT2D eigenvalue weighted by molar-refractivity contribution is -0.220. The minimum atomic E-state index is -5.02. The van der Waals surface area contributed by atoms with Crippen molar-refractivity contribution in [2.75, 3.05) is 19.8 Å². The molecule has 0 aromatic rings. The molecule has 13 heteroatoms. The first kappa shape index (κ1) is 66.8. The fraction of sp³-hybridized carbons (Fsp3) is 0.912. The van der Waals surface area contributed by atoms with E-state index in [1.807, 2.05) is 0 Å². The summed E-state index contributed by atoms with van der Waals surface area (Å²) in [5.41, 5.74) is 0. The van der Waals surface area contributed by atoms with Crippen LogP contribution in [0, 0.1) is 0 Å². The van der Waals surface area contributed by atoms with E-state index in [-0.39, 0.29) is 13.0 Å². The second kappa shape index (κ2) is 47.5. The van der Waals surface area contributed by atoms with Gasteiger partial charge in [-0.05, 0) is 44.9 Å². The van der Waals surface area contributed by atoms with Crippen molar-refractivity contribution in [1.82, 2.24) is 0 Å². The summed E-state index contributed by atoms with van der Waals surface area (Å²) in [6.45, 7) is 4.30. The van der Waals surface area contributed by atoms with Gasteiger partial charge in [0.05, 0.1) is 13.2 Å². The van der Waals surface area contributed by atoms with Crippen LogP contribution in [0.15, 0.2) is 24.3 Å². The molecular weight excluding hydrogens is 908 g/mol. The van der Waals surface area contributed by atoms with Crippen molar-refractivity contribution in [2.24, 2.45) is 0 Å².